The molecule has 1 fully saturated rings. The standard InChI is InChI=1S/C11H20N2O/c1-10(2)9-12-6-5-11(14)13-7-3-4-8-13/h12H,1,3-9H2,2H3. The number of carbonyl (C=O) groups is 1. The van der Waals surface area contributed by atoms with Gasteiger partial charge in [0.05, 0.1) is 0 Å². The SMILES string of the molecule is C=C(C)CNCCC(=O)N1CCCC1. The highest BCUT2D eigenvalue weighted by atomic mass is 16.2. The zero-order valence-corrected chi connectivity index (χ0v) is 9.01. The molecule has 80 valence electrons. The largest absolute Gasteiger partial charge is 0.343 e. The second-order valence-electron chi connectivity index (χ2n) is 3.97. The fourth-order valence-corrected chi connectivity index (χ4v) is 1.62. The fraction of sp³-hybridized carbons (Fsp3) is 0.727. The van der Waals surface area contributed by atoms with Crippen LogP contribution in [0.25, 0.3) is 0 Å². The minimum absolute atomic E-state index is 0.289. The first-order chi connectivity index (χ1) is 6.70. The second-order valence-corrected chi connectivity index (χ2v) is 3.97. The van der Waals surface area contributed by atoms with E-state index in [-0.39, 0.29) is 5.91 Å². The molecule has 3 nitrogen and oxygen atoms in total. The molecule has 0 saturated carbocycles. The van der Waals surface area contributed by atoms with Crippen molar-refractivity contribution < 1.29 is 4.79 Å². The van der Waals surface area contributed by atoms with E-state index in [0.717, 1.165) is 31.8 Å². The quantitative estimate of drug-likeness (QED) is 0.529. The first-order valence-corrected chi connectivity index (χ1v) is 5.33. The Bertz CT molecular complexity index is 207. The monoisotopic (exact) mass is 196 g/mol. The summed E-state index contributed by atoms with van der Waals surface area (Å²) in [6.45, 7) is 9.27. The smallest absolute Gasteiger partial charge is 0.223 e. The van der Waals surface area contributed by atoms with Crippen LogP contribution in [-0.4, -0.2) is 37.0 Å². The van der Waals surface area contributed by atoms with Crippen LogP contribution in [-0.2, 0) is 4.79 Å². The van der Waals surface area contributed by atoms with Gasteiger partial charge < -0.3 is 10.2 Å². The summed E-state index contributed by atoms with van der Waals surface area (Å²) in [5.74, 6) is 0.289. The Balaban J connectivity index is 2.05. The lowest BCUT2D eigenvalue weighted by Crippen LogP contribution is -2.31. The summed E-state index contributed by atoms with van der Waals surface area (Å²) >= 11 is 0. The van der Waals surface area contributed by atoms with E-state index in [9.17, 15) is 4.79 Å². The van der Waals surface area contributed by atoms with E-state index in [1.54, 1.807) is 0 Å². The van der Waals surface area contributed by atoms with Crippen LogP contribution >= 0.6 is 0 Å². The van der Waals surface area contributed by atoms with Crippen LogP contribution in [0, 0.1) is 0 Å². The van der Waals surface area contributed by atoms with Gasteiger partial charge >= 0.3 is 0 Å². The summed E-state index contributed by atoms with van der Waals surface area (Å²) in [6, 6.07) is 0. The van der Waals surface area contributed by atoms with Crippen molar-refractivity contribution in [2.45, 2.75) is 26.2 Å². The number of hydrogen-bond acceptors (Lipinski definition) is 2. The normalized spacial score (nSPS) is 15.9. The highest BCUT2D eigenvalue weighted by molar-refractivity contribution is 5.76. The number of nitrogens with zero attached hydrogens (tertiary/aromatic N) is 1. The molecule has 0 aliphatic carbocycles. The Morgan fingerprint density at radius 1 is 1.43 bits per heavy atom. The molecule has 1 aliphatic rings. The second kappa shape index (κ2) is 5.81. The third-order valence-corrected chi connectivity index (χ3v) is 2.40. The first kappa shape index (κ1) is 11.2. The van der Waals surface area contributed by atoms with Crippen molar-refractivity contribution in [2.75, 3.05) is 26.2 Å². The summed E-state index contributed by atoms with van der Waals surface area (Å²) in [4.78, 5) is 13.5. The molecule has 0 atom stereocenters. The third-order valence-electron chi connectivity index (χ3n) is 2.40. The van der Waals surface area contributed by atoms with E-state index < -0.39 is 0 Å². The molecule has 0 bridgehead atoms. The summed E-state index contributed by atoms with van der Waals surface area (Å²) in [7, 11) is 0. The number of likely N-dealkylation sites (tertiary alicyclic amines) is 1. The average molecular weight is 196 g/mol. The van der Waals surface area contributed by atoms with Crippen molar-refractivity contribution in [3.8, 4) is 0 Å². The molecule has 1 heterocycles. The van der Waals surface area contributed by atoms with Gasteiger partial charge in [-0.3, -0.25) is 4.79 Å². The predicted octanol–water partition coefficient (Wildman–Crippen LogP) is 1.16. The van der Waals surface area contributed by atoms with Gasteiger partial charge in [0.2, 0.25) is 5.91 Å². The minimum Gasteiger partial charge on any atom is -0.343 e. The average Bonchev–Trinajstić information content (AvgIpc) is 2.64. The van der Waals surface area contributed by atoms with Crippen LogP contribution in [0.3, 0.4) is 0 Å². The zero-order valence-electron chi connectivity index (χ0n) is 9.01. The lowest BCUT2D eigenvalue weighted by atomic mass is 10.3. The number of amides is 1. The van der Waals surface area contributed by atoms with Crippen LogP contribution in [0.5, 0.6) is 0 Å². The van der Waals surface area contributed by atoms with Gasteiger partial charge in [0, 0.05) is 32.6 Å². The topological polar surface area (TPSA) is 32.3 Å². The van der Waals surface area contributed by atoms with Gasteiger partial charge in [0.25, 0.3) is 0 Å². The molecule has 0 radical (unpaired) electrons. The van der Waals surface area contributed by atoms with Gasteiger partial charge in [-0.05, 0) is 19.8 Å². The highest BCUT2D eigenvalue weighted by Gasteiger charge is 2.16. The molecule has 1 saturated heterocycles. The van der Waals surface area contributed by atoms with Crippen molar-refractivity contribution >= 4 is 5.91 Å². The van der Waals surface area contributed by atoms with E-state index in [4.69, 9.17) is 0 Å². The van der Waals surface area contributed by atoms with Gasteiger partial charge in [0.15, 0.2) is 0 Å². The number of carbonyl (C=O) groups excluding carboxylic acids is 1. The maximum Gasteiger partial charge on any atom is 0.223 e. The number of nitrogens with one attached hydrogen (secondary N) is 1. The van der Waals surface area contributed by atoms with Crippen molar-refractivity contribution in [3.63, 3.8) is 0 Å². The van der Waals surface area contributed by atoms with Crippen LogP contribution in [0.15, 0.2) is 12.2 Å². The Morgan fingerprint density at radius 3 is 2.64 bits per heavy atom. The molecule has 1 rings (SSSR count). The molecule has 0 unspecified atom stereocenters. The van der Waals surface area contributed by atoms with Crippen LogP contribution in [0.4, 0.5) is 0 Å². The lowest BCUT2D eigenvalue weighted by molar-refractivity contribution is -0.130. The van der Waals surface area contributed by atoms with Gasteiger partial charge in [-0.25, -0.2) is 0 Å². The Hall–Kier alpha value is -0.830. The molecule has 0 aromatic carbocycles. The van der Waals surface area contributed by atoms with Crippen molar-refractivity contribution in [3.05, 3.63) is 12.2 Å². The molecule has 0 aromatic rings. The van der Waals surface area contributed by atoms with E-state index in [0.29, 0.717) is 6.42 Å². The molecular weight excluding hydrogens is 176 g/mol. The van der Waals surface area contributed by atoms with Crippen molar-refractivity contribution in [2.24, 2.45) is 0 Å². The Labute approximate surface area is 86.2 Å². The number of rotatable bonds is 5. The van der Waals surface area contributed by atoms with Crippen LogP contribution in [0.1, 0.15) is 26.2 Å². The molecule has 1 N–H and O–H groups in total. The summed E-state index contributed by atoms with van der Waals surface area (Å²) in [5, 5.41) is 3.19. The van der Waals surface area contributed by atoms with Crippen LogP contribution < -0.4 is 5.32 Å². The Kier molecular flexibility index (Phi) is 4.66. The zero-order chi connectivity index (χ0) is 10.4. The van der Waals surface area contributed by atoms with E-state index in [1.807, 2.05) is 11.8 Å². The molecule has 14 heavy (non-hydrogen) atoms. The number of hydrogen-bond donors (Lipinski definition) is 1. The van der Waals surface area contributed by atoms with Crippen molar-refractivity contribution in [1.29, 1.82) is 0 Å². The summed E-state index contributed by atoms with van der Waals surface area (Å²) in [6.07, 6.45) is 2.96. The van der Waals surface area contributed by atoms with Gasteiger partial charge in [-0.15, -0.1) is 0 Å². The molecule has 0 aromatic heterocycles. The van der Waals surface area contributed by atoms with E-state index in [1.165, 1.54) is 12.8 Å². The predicted molar refractivity (Wildman–Crippen MR) is 58.1 cm³/mol. The molecule has 0 spiro atoms. The molecule has 3 heteroatoms. The lowest BCUT2D eigenvalue weighted by Gasteiger charge is -2.15. The highest BCUT2D eigenvalue weighted by Crippen LogP contribution is 2.08. The first-order valence-electron chi connectivity index (χ1n) is 5.33. The minimum atomic E-state index is 0.289. The Morgan fingerprint density at radius 2 is 2.07 bits per heavy atom. The third kappa shape index (κ3) is 3.92. The van der Waals surface area contributed by atoms with E-state index >= 15 is 0 Å². The van der Waals surface area contributed by atoms with Gasteiger partial charge in [-0.2, -0.15) is 0 Å². The van der Waals surface area contributed by atoms with Gasteiger partial charge in [0.1, 0.15) is 0 Å². The summed E-state index contributed by atoms with van der Waals surface area (Å²) in [5.41, 5.74) is 1.11. The fourth-order valence-electron chi connectivity index (χ4n) is 1.62. The van der Waals surface area contributed by atoms with Crippen molar-refractivity contribution in [1.82, 2.24) is 10.2 Å². The summed E-state index contributed by atoms with van der Waals surface area (Å²) < 4.78 is 0. The maximum absolute atomic E-state index is 11.6. The van der Waals surface area contributed by atoms with Gasteiger partial charge in [-0.1, -0.05) is 12.2 Å². The molecule has 1 amide bonds. The van der Waals surface area contributed by atoms with E-state index in [2.05, 4.69) is 11.9 Å². The van der Waals surface area contributed by atoms with Crippen LogP contribution in [0.2, 0.25) is 0 Å². The molecule has 1 aliphatic heterocycles. The maximum atomic E-state index is 11.6. The molecular formula is C11H20N2O.